The van der Waals surface area contributed by atoms with Gasteiger partial charge in [0, 0.05) is 43.4 Å². The molecule has 206 valence electrons. The Labute approximate surface area is 235 Å². The fraction of sp³-hybridized carbons (Fsp3) is 0.353. The molecule has 39 heavy (non-hydrogen) atoms. The maximum Gasteiger partial charge on any atom is 0.253 e. The van der Waals surface area contributed by atoms with Gasteiger partial charge in [-0.3, -0.25) is 4.79 Å². The number of rotatable bonds is 13. The molecule has 1 heterocycles. The SMILES string of the molecule is C=C/C(=C\C=C/CC)CCN(C)C(C)CC(=C)N1C2=C=CC=CC=C2Oc2cc(C(=O)N(CC)CC)ccc21. The fourth-order valence-electron chi connectivity index (χ4n) is 4.60. The van der Waals surface area contributed by atoms with Crippen molar-refractivity contribution < 1.29 is 9.53 Å². The number of hydrogen-bond acceptors (Lipinski definition) is 4. The Hall–Kier alpha value is -3.79. The largest absolute Gasteiger partial charge is 0.452 e. The Morgan fingerprint density at radius 2 is 1.97 bits per heavy atom. The van der Waals surface area contributed by atoms with Crippen LogP contribution in [0, 0.1) is 0 Å². The summed E-state index contributed by atoms with van der Waals surface area (Å²) < 4.78 is 6.31. The minimum Gasteiger partial charge on any atom is -0.452 e. The molecule has 0 N–H and O–H groups in total. The Balaban J connectivity index is 1.84. The molecule has 1 atom stereocenters. The van der Waals surface area contributed by atoms with Gasteiger partial charge in [-0.1, -0.05) is 62.3 Å². The number of anilines is 1. The molecule has 0 bridgehead atoms. The van der Waals surface area contributed by atoms with E-state index in [1.165, 1.54) is 5.57 Å². The van der Waals surface area contributed by atoms with Gasteiger partial charge in [-0.2, -0.15) is 0 Å². The summed E-state index contributed by atoms with van der Waals surface area (Å²) in [6.07, 6.45) is 18.7. The molecule has 5 nitrogen and oxygen atoms in total. The van der Waals surface area contributed by atoms with E-state index in [-0.39, 0.29) is 11.9 Å². The number of nitrogens with zero attached hydrogens (tertiary/aromatic N) is 3. The monoisotopic (exact) mass is 525 g/mol. The maximum absolute atomic E-state index is 13.0. The van der Waals surface area contributed by atoms with Crippen LogP contribution < -0.4 is 9.64 Å². The van der Waals surface area contributed by atoms with E-state index in [4.69, 9.17) is 4.74 Å². The molecule has 1 aliphatic carbocycles. The second kappa shape index (κ2) is 14.4. The summed E-state index contributed by atoms with van der Waals surface area (Å²) in [7, 11) is 2.15. The van der Waals surface area contributed by atoms with E-state index in [9.17, 15) is 4.79 Å². The molecule has 1 aliphatic heterocycles. The van der Waals surface area contributed by atoms with Crippen LogP contribution in [-0.2, 0) is 0 Å². The predicted molar refractivity (Wildman–Crippen MR) is 164 cm³/mol. The Bertz CT molecular complexity index is 1250. The van der Waals surface area contributed by atoms with Crippen LogP contribution in [0.25, 0.3) is 0 Å². The van der Waals surface area contributed by atoms with Crippen molar-refractivity contribution in [2.24, 2.45) is 0 Å². The van der Waals surface area contributed by atoms with Gasteiger partial charge >= 0.3 is 0 Å². The summed E-state index contributed by atoms with van der Waals surface area (Å²) in [6.45, 7) is 19.1. The topological polar surface area (TPSA) is 36.0 Å². The molecule has 0 aromatic heterocycles. The summed E-state index contributed by atoms with van der Waals surface area (Å²) in [5.74, 6) is 1.33. The molecule has 2 aliphatic rings. The highest BCUT2D eigenvalue weighted by atomic mass is 16.5. The smallest absolute Gasteiger partial charge is 0.253 e. The van der Waals surface area contributed by atoms with E-state index in [0.717, 1.165) is 42.9 Å². The lowest BCUT2D eigenvalue weighted by molar-refractivity contribution is 0.0772. The number of fused-ring (bicyclic) bond motifs is 2. The molecule has 1 amide bonds. The van der Waals surface area contributed by atoms with E-state index < -0.39 is 0 Å². The van der Waals surface area contributed by atoms with E-state index in [2.05, 4.69) is 67.8 Å². The third-order valence-electron chi connectivity index (χ3n) is 7.15. The summed E-state index contributed by atoms with van der Waals surface area (Å²) >= 11 is 0. The first-order chi connectivity index (χ1) is 18.8. The average Bonchev–Trinajstić information content (AvgIpc) is 3.18. The van der Waals surface area contributed by atoms with Crippen molar-refractivity contribution in [1.82, 2.24) is 9.80 Å². The molecular formula is C34H43N3O2. The zero-order valence-electron chi connectivity index (χ0n) is 24.2. The normalized spacial score (nSPS) is 15.2. The number of ether oxygens (including phenoxy) is 1. The van der Waals surface area contributed by atoms with Crippen molar-refractivity contribution in [3.05, 3.63) is 114 Å². The molecule has 1 unspecified atom stereocenters. The summed E-state index contributed by atoms with van der Waals surface area (Å²) in [5.41, 5.74) is 7.83. The molecule has 5 heteroatoms. The Morgan fingerprint density at radius 1 is 1.21 bits per heavy atom. The van der Waals surface area contributed by atoms with Crippen molar-refractivity contribution in [3.63, 3.8) is 0 Å². The standard InChI is InChI=1S/C34H43N3O2/c1-8-12-14-17-28(9-2)22-23-35(7)26(5)24-27(6)37-30-18-15-13-16-19-32(30)39-33-25-29(20-21-31(33)37)34(38)36(10-3)11-4/h9,12-17,19-21,25-26H,2,6,8,10-11,22-24H2,1,3-5,7H3/b14-12-,28-17+. The second-order valence-corrected chi connectivity index (χ2v) is 9.80. The molecule has 1 aromatic carbocycles. The molecule has 0 radical (unpaired) electrons. The van der Waals surface area contributed by atoms with E-state index >= 15 is 0 Å². The summed E-state index contributed by atoms with van der Waals surface area (Å²) in [4.78, 5) is 19.3. The molecule has 3 rings (SSSR count). The van der Waals surface area contributed by atoms with Gasteiger partial charge in [-0.15, -0.1) is 0 Å². The van der Waals surface area contributed by atoms with Crippen LogP contribution in [0.5, 0.6) is 5.75 Å². The molecule has 0 spiro atoms. The fourth-order valence-corrected chi connectivity index (χ4v) is 4.60. The number of allylic oxidation sites excluding steroid dienone is 7. The van der Waals surface area contributed by atoms with Gasteiger partial charge in [0.25, 0.3) is 5.91 Å². The lowest BCUT2D eigenvalue weighted by Crippen LogP contribution is -2.35. The number of benzene rings is 1. The van der Waals surface area contributed by atoms with Gasteiger partial charge in [0.05, 0.1) is 5.69 Å². The van der Waals surface area contributed by atoms with E-state index in [1.54, 1.807) is 0 Å². The van der Waals surface area contributed by atoms with Gasteiger partial charge in [-0.05, 0) is 76.6 Å². The molecule has 0 saturated carbocycles. The number of hydrogen-bond donors (Lipinski definition) is 0. The van der Waals surface area contributed by atoms with Crippen molar-refractivity contribution in [2.45, 2.75) is 53.0 Å². The van der Waals surface area contributed by atoms with Crippen LogP contribution in [-0.4, -0.2) is 48.4 Å². The minimum atomic E-state index is 0.00104. The Morgan fingerprint density at radius 3 is 2.67 bits per heavy atom. The van der Waals surface area contributed by atoms with Gasteiger partial charge in [-0.25, -0.2) is 0 Å². The van der Waals surface area contributed by atoms with Gasteiger partial charge in [0.1, 0.15) is 5.70 Å². The van der Waals surface area contributed by atoms with Gasteiger partial charge in [0.2, 0.25) is 0 Å². The van der Waals surface area contributed by atoms with E-state index in [0.29, 0.717) is 30.2 Å². The summed E-state index contributed by atoms with van der Waals surface area (Å²) in [5, 5.41) is 0. The second-order valence-electron chi connectivity index (χ2n) is 9.80. The van der Waals surface area contributed by atoms with Crippen LogP contribution >= 0.6 is 0 Å². The number of carbonyl (C=O) groups is 1. The first-order valence-corrected chi connectivity index (χ1v) is 14.0. The quantitative estimate of drug-likeness (QED) is 0.197. The number of amides is 1. The highest BCUT2D eigenvalue weighted by Gasteiger charge is 2.31. The zero-order chi connectivity index (χ0) is 28.4. The maximum atomic E-state index is 13.0. The van der Waals surface area contributed by atoms with Crippen LogP contribution in [0.2, 0.25) is 0 Å². The first-order valence-electron chi connectivity index (χ1n) is 14.0. The highest BCUT2D eigenvalue weighted by molar-refractivity contribution is 5.95. The van der Waals surface area contributed by atoms with Gasteiger partial charge < -0.3 is 19.4 Å². The lowest BCUT2D eigenvalue weighted by Gasteiger charge is -2.36. The molecule has 0 fully saturated rings. The minimum absolute atomic E-state index is 0.00104. The zero-order valence-corrected chi connectivity index (χ0v) is 24.2. The van der Waals surface area contributed by atoms with Crippen molar-refractivity contribution in [3.8, 4) is 5.75 Å². The van der Waals surface area contributed by atoms with Crippen LogP contribution in [0.1, 0.15) is 57.3 Å². The van der Waals surface area contributed by atoms with Gasteiger partial charge in [0.15, 0.2) is 11.5 Å². The Kier molecular flexibility index (Phi) is 11.0. The average molecular weight is 526 g/mol. The lowest BCUT2D eigenvalue weighted by atomic mass is 10.0. The first kappa shape index (κ1) is 29.8. The van der Waals surface area contributed by atoms with Crippen molar-refractivity contribution >= 4 is 11.6 Å². The van der Waals surface area contributed by atoms with Crippen LogP contribution in [0.4, 0.5) is 5.69 Å². The highest BCUT2D eigenvalue weighted by Crippen LogP contribution is 2.43. The van der Waals surface area contributed by atoms with E-state index in [1.807, 2.05) is 67.3 Å². The third-order valence-corrected chi connectivity index (χ3v) is 7.15. The predicted octanol–water partition coefficient (Wildman–Crippen LogP) is 7.55. The number of carbonyl (C=O) groups excluding carboxylic acids is 1. The van der Waals surface area contributed by atoms with Crippen molar-refractivity contribution in [2.75, 3.05) is 31.6 Å². The molecule has 0 saturated heterocycles. The van der Waals surface area contributed by atoms with Crippen LogP contribution in [0.15, 0.2) is 108 Å². The third kappa shape index (κ3) is 7.41. The van der Waals surface area contributed by atoms with Crippen LogP contribution in [0.3, 0.4) is 0 Å². The van der Waals surface area contributed by atoms with Crippen molar-refractivity contribution in [1.29, 1.82) is 0 Å². The molecule has 1 aromatic rings. The summed E-state index contributed by atoms with van der Waals surface area (Å²) in [6, 6.07) is 5.94. The molecular weight excluding hydrogens is 482 g/mol.